The SMILES string of the molecule is Fc1ccc2ccn(C[B-](F)(F)F)c2c1. The third-order valence-corrected chi connectivity index (χ3v) is 2.14. The molecule has 15 heavy (non-hydrogen) atoms. The standard InChI is InChI=1S/C9H7BF4N/c11-8-2-1-7-3-4-15(9(7)5-8)6-10(12,13)14/h1-5H,6H2/q-1. The molecule has 1 aromatic heterocycles. The lowest BCUT2D eigenvalue weighted by Gasteiger charge is -2.15. The second-order valence-corrected chi connectivity index (χ2v) is 3.38. The molecule has 0 aliphatic rings. The molecule has 1 heterocycles. The quantitative estimate of drug-likeness (QED) is 0.536. The van der Waals surface area contributed by atoms with Crippen molar-refractivity contribution in [1.29, 1.82) is 0 Å². The van der Waals surface area contributed by atoms with E-state index in [0.717, 1.165) is 10.6 Å². The molecule has 0 amide bonds. The fraction of sp³-hybridized carbons (Fsp3) is 0.111. The van der Waals surface area contributed by atoms with Crippen LogP contribution in [0.25, 0.3) is 10.9 Å². The Balaban J connectivity index is 2.48. The molecule has 0 radical (unpaired) electrons. The molecule has 2 rings (SSSR count). The van der Waals surface area contributed by atoms with Gasteiger partial charge in [0.1, 0.15) is 5.82 Å². The van der Waals surface area contributed by atoms with E-state index in [-0.39, 0.29) is 5.52 Å². The summed E-state index contributed by atoms with van der Waals surface area (Å²) in [6.45, 7) is -4.91. The van der Waals surface area contributed by atoms with E-state index in [4.69, 9.17) is 0 Å². The van der Waals surface area contributed by atoms with Crippen LogP contribution >= 0.6 is 0 Å². The molecule has 6 heteroatoms. The summed E-state index contributed by atoms with van der Waals surface area (Å²) in [5.74, 6) is -0.530. The lowest BCUT2D eigenvalue weighted by Crippen LogP contribution is -2.23. The average molecular weight is 216 g/mol. The van der Waals surface area contributed by atoms with Crippen molar-refractivity contribution in [2.75, 3.05) is 0 Å². The third-order valence-electron chi connectivity index (χ3n) is 2.14. The van der Waals surface area contributed by atoms with Gasteiger partial charge < -0.3 is 17.5 Å². The van der Waals surface area contributed by atoms with Crippen LogP contribution < -0.4 is 0 Å². The van der Waals surface area contributed by atoms with Crippen LogP contribution in [0.5, 0.6) is 0 Å². The van der Waals surface area contributed by atoms with Gasteiger partial charge in [-0.1, -0.05) is 0 Å². The van der Waals surface area contributed by atoms with Gasteiger partial charge in [0.2, 0.25) is 0 Å². The van der Waals surface area contributed by atoms with Crippen LogP contribution in [0.2, 0.25) is 0 Å². The first-order valence-corrected chi connectivity index (χ1v) is 4.41. The minimum atomic E-state index is -4.91. The van der Waals surface area contributed by atoms with Gasteiger partial charge in [0, 0.05) is 11.7 Å². The highest BCUT2D eigenvalue weighted by Gasteiger charge is 2.23. The maximum Gasteiger partial charge on any atom is 0.497 e. The smallest absolute Gasteiger partial charge is 0.448 e. The Labute approximate surface area is 83.4 Å². The van der Waals surface area contributed by atoms with Crippen molar-refractivity contribution in [2.45, 2.75) is 6.44 Å². The Bertz CT molecular complexity index is 488. The number of nitrogens with zero attached hydrogens (tertiary/aromatic N) is 1. The topological polar surface area (TPSA) is 4.93 Å². The summed E-state index contributed by atoms with van der Waals surface area (Å²) in [4.78, 5) is 0. The van der Waals surface area contributed by atoms with E-state index in [2.05, 4.69) is 0 Å². The van der Waals surface area contributed by atoms with Crippen LogP contribution in [0, 0.1) is 5.82 Å². The number of rotatable bonds is 2. The van der Waals surface area contributed by atoms with Crippen molar-refractivity contribution >= 4 is 17.9 Å². The summed E-state index contributed by atoms with van der Waals surface area (Å²) in [5.41, 5.74) is 0.272. The highest BCUT2D eigenvalue weighted by Crippen LogP contribution is 2.20. The highest BCUT2D eigenvalue weighted by molar-refractivity contribution is 6.57. The van der Waals surface area contributed by atoms with Gasteiger partial charge in [0.25, 0.3) is 0 Å². The van der Waals surface area contributed by atoms with Gasteiger partial charge in [-0.05, 0) is 36.1 Å². The Morgan fingerprint density at radius 3 is 2.53 bits per heavy atom. The number of halogens is 4. The summed E-state index contributed by atoms with van der Waals surface area (Å²) in [7, 11) is 0. The molecule has 2 aromatic rings. The zero-order valence-corrected chi connectivity index (χ0v) is 7.63. The Hall–Kier alpha value is -1.46. The Kier molecular flexibility index (Phi) is 2.21. The van der Waals surface area contributed by atoms with E-state index >= 15 is 0 Å². The van der Waals surface area contributed by atoms with Gasteiger partial charge in [0.05, 0.1) is 0 Å². The van der Waals surface area contributed by atoms with Crippen molar-refractivity contribution in [2.24, 2.45) is 0 Å². The number of benzene rings is 1. The number of hydrogen-bond acceptors (Lipinski definition) is 0. The minimum Gasteiger partial charge on any atom is -0.448 e. The summed E-state index contributed by atoms with van der Waals surface area (Å²) >= 11 is 0. The molecule has 0 fully saturated rings. The van der Waals surface area contributed by atoms with Crippen molar-refractivity contribution < 1.29 is 17.3 Å². The molecule has 0 aliphatic carbocycles. The monoisotopic (exact) mass is 216 g/mol. The van der Waals surface area contributed by atoms with Gasteiger partial charge in [-0.2, -0.15) is 0 Å². The highest BCUT2D eigenvalue weighted by atomic mass is 19.4. The number of aromatic nitrogens is 1. The minimum absolute atomic E-state index is 0.272. The molecule has 80 valence electrons. The predicted octanol–water partition coefficient (Wildman–Crippen LogP) is 3.17. The molecule has 1 nitrogen and oxygen atoms in total. The third kappa shape index (κ3) is 2.14. The van der Waals surface area contributed by atoms with E-state index in [9.17, 15) is 17.3 Å². The second kappa shape index (κ2) is 3.29. The van der Waals surface area contributed by atoms with E-state index in [0.29, 0.717) is 5.39 Å². The fourth-order valence-electron chi connectivity index (χ4n) is 1.54. The summed E-state index contributed by atoms with van der Waals surface area (Å²) in [6.07, 6.45) is 0.284. The van der Waals surface area contributed by atoms with Crippen molar-refractivity contribution in [3.63, 3.8) is 0 Å². The van der Waals surface area contributed by atoms with E-state index in [1.165, 1.54) is 24.4 Å². The normalized spacial score (nSPS) is 12.3. The van der Waals surface area contributed by atoms with Gasteiger partial charge in [-0.15, -0.1) is 0 Å². The molecule has 0 saturated heterocycles. The lowest BCUT2D eigenvalue weighted by atomic mass is 9.92. The van der Waals surface area contributed by atoms with Gasteiger partial charge >= 0.3 is 6.98 Å². The van der Waals surface area contributed by atoms with Gasteiger partial charge in [-0.25, -0.2) is 4.39 Å². The molecule has 0 saturated carbocycles. The molecule has 0 atom stereocenters. The van der Waals surface area contributed by atoms with E-state index in [1.54, 1.807) is 0 Å². The first-order chi connectivity index (χ1) is 6.96. The summed E-state index contributed by atoms with van der Waals surface area (Å²) in [5, 5.41) is 0.608. The van der Waals surface area contributed by atoms with Crippen LogP contribution in [0.15, 0.2) is 30.5 Å². The van der Waals surface area contributed by atoms with E-state index < -0.39 is 19.2 Å². The fourth-order valence-corrected chi connectivity index (χ4v) is 1.54. The average Bonchev–Trinajstić information content (AvgIpc) is 2.46. The van der Waals surface area contributed by atoms with Crippen LogP contribution in [-0.2, 0) is 6.44 Å². The zero-order chi connectivity index (χ0) is 11.1. The van der Waals surface area contributed by atoms with Crippen LogP contribution in [-0.4, -0.2) is 11.5 Å². The van der Waals surface area contributed by atoms with Gasteiger partial charge in [-0.3, -0.25) is 0 Å². The molecule has 0 spiro atoms. The lowest BCUT2D eigenvalue weighted by molar-refractivity contribution is 0.448. The van der Waals surface area contributed by atoms with Crippen molar-refractivity contribution in [1.82, 2.24) is 4.57 Å². The Morgan fingerprint density at radius 1 is 1.13 bits per heavy atom. The maximum absolute atomic E-state index is 12.8. The molecule has 1 aromatic carbocycles. The molecule has 0 aliphatic heterocycles. The molecular formula is C9H7BF4N-. The van der Waals surface area contributed by atoms with Gasteiger partial charge in [0.15, 0.2) is 0 Å². The first-order valence-electron chi connectivity index (χ1n) is 4.41. The van der Waals surface area contributed by atoms with Crippen LogP contribution in [0.1, 0.15) is 0 Å². The molecule has 0 unspecified atom stereocenters. The second-order valence-electron chi connectivity index (χ2n) is 3.38. The van der Waals surface area contributed by atoms with E-state index in [1.807, 2.05) is 0 Å². The predicted molar refractivity (Wildman–Crippen MR) is 51.0 cm³/mol. The largest absolute Gasteiger partial charge is 0.497 e. The molecule has 0 N–H and O–H groups in total. The summed E-state index contributed by atoms with van der Waals surface area (Å²) in [6, 6.07) is 5.34. The first kappa shape index (κ1) is 10.1. The van der Waals surface area contributed by atoms with Crippen LogP contribution in [0.3, 0.4) is 0 Å². The maximum atomic E-state index is 12.8. The number of fused-ring (bicyclic) bond motifs is 1. The van der Waals surface area contributed by atoms with Crippen LogP contribution in [0.4, 0.5) is 17.3 Å². The molecular weight excluding hydrogens is 209 g/mol. The van der Waals surface area contributed by atoms with Crippen molar-refractivity contribution in [3.8, 4) is 0 Å². The zero-order valence-electron chi connectivity index (χ0n) is 7.63. The molecule has 0 bridgehead atoms. The Morgan fingerprint density at radius 2 is 1.87 bits per heavy atom. The number of hydrogen-bond donors (Lipinski definition) is 0. The summed E-state index contributed by atoms with van der Waals surface area (Å²) < 4.78 is 50.4. The van der Waals surface area contributed by atoms with Crippen molar-refractivity contribution in [3.05, 3.63) is 36.3 Å².